The smallest absolute Gasteiger partial charge is 0.252 e. The molecule has 0 saturated heterocycles. The van der Waals surface area contributed by atoms with Gasteiger partial charge in [0.1, 0.15) is 0 Å². The molecule has 2 aromatic rings. The fourth-order valence-corrected chi connectivity index (χ4v) is 3.33. The Bertz CT molecular complexity index is 666. The molecule has 5 heteroatoms. The highest BCUT2D eigenvalue weighted by atomic mass is 32.1. The highest BCUT2D eigenvalue weighted by Crippen LogP contribution is 2.30. The number of methoxy groups -OCH3 is 2. The van der Waals surface area contributed by atoms with E-state index in [-0.39, 0.29) is 11.9 Å². The van der Waals surface area contributed by atoms with Crippen LogP contribution in [0.2, 0.25) is 0 Å². The summed E-state index contributed by atoms with van der Waals surface area (Å²) in [5, 5.41) is 4.95. The van der Waals surface area contributed by atoms with Gasteiger partial charge in [-0.3, -0.25) is 4.79 Å². The topological polar surface area (TPSA) is 47.6 Å². The Morgan fingerprint density at radius 3 is 2.61 bits per heavy atom. The Balaban J connectivity index is 2.08. The van der Waals surface area contributed by atoms with Crippen LogP contribution in [-0.2, 0) is 6.42 Å². The molecule has 2 rings (SSSR count). The number of benzene rings is 1. The van der Waals surface area contributed by atoms with Gasteiger partial charge >= 0.3 is 0 Å². The maximum absolute atomic E-state index is 12.4. The van der Waals surface area contributed by atoms with Crippen molar-refractivity contribution in [2.45, 2.75) is 32.7 Å². The normalized spacial score (nSPS) is 11.8. The van der Waals surface area contributed by atoms with Crippen molar-refractivity contribution in [2.24, 2.45) is 0 Å². The van der Waals surface area contributed by atoms with E-state index in [9.17, 15) is 4.79 Å². The molecule has 1 amide bonds. The van der Waals surface area contributed by atoms with Gasteiger partial charge in [-0.2, -0.15) is 0 Å². The Labute approximate surface area is 141 Å². The second-order valence-corrected chi connectivity index (χ2v) is 6.36. The molecular weight excluding hydrogens is 310 g/mol. The second-order valence-electron chi connectivity index (χ2n) is 5.36. The fraction of sp³-hybridized carbons (Fsp3) is 0.389. The minimum atomic E-state index is -0.114. The van der Waals surface area contributed by atoms with Crippen molar-refractivity contribution in [3.8, 4) is 11.5 Å². The van der Waals surface area contributed by atoms with Crippen LogP contribution in [0.1, 0.15) is 47.1 Å². The van der Waals surface area contributed by atoms with Gasteiger partial charge in [0.25, 0.3) is 5.91 Å². The predicted molar refractivity (Wildman–Crippen MR) is 93.7 cm³/mol. The van der Waals surface area contributed by atoms with Gasteiger partial charge in [0, 0.05) is 10.3 Å². The number of carbonyl (C=O) groups is 1. The second kappa shape index (κ2) is 8.02. The number of aryl methyl sites for hydroxylation is 1. The zero-order chi connectivity index (χ0) is 16.8. The summed E-state index contributed by atoms with van der Waals surface area (Å²) in [6.07, 6.45) is 2.10. The molecule has 1 unspecified atom stereocenters. The summed E-state index contributed by atoms with van der Waals surface area (Å²) in [6, 6.07) is 7.53. The molecule has 1 aromatic heterocycles. The lowest BCUT2D eigenvalue weighted by atomic mass is 10.1. The zero-order valence-corrected chi connectivity index (χ0v) is 14.8. The van der Waals surface area contributed by atoms with Crippen molar-refractivity contribution in [3.63, 3.8) is 0 Å². The molecule has 0 spiro atoms. The number of ether oxygens (including phenoxy) is 2. The van der Waals surface area contributed by atoms with Crippen molar-refractivity contribution in [2.75, 3.05) is 14.2 Å². The Morgan fingerprint density at radius 1 is 1.22 bits per heavy atom. The van der Waals surface area contributed by atoms with Crippen molar-refractivity contribution in [1.29, 1.82) is 0 Å². The number of nitrogens with one attached hydrogen (secondary N) is 1. The maximum Gasteiger partial charge on any atom is 0.252 e. The fourth-order valence-electron chi connectivity index (χ4n) is 2.36. The van der Waals surface area contributed by atoms with E-state index in [1.807, 2.05) is 36.6 Å². The molecule has 0 bridgehead atoms. The molecular formula is C18H23NO3S. The van der Waals surface area contributed by atoms with Gasteiger partial charge in [-0.15, -0.1) is 11.3 Å². The Hall–Kier alpha value is -2.01. The first-order valence-corrected chi connectivity index (χ1v) is 8.57. The van der Waals surface area contributed by atoms with Crippen LogP contribution < -0.4 is 14.8 Å². The van der Waals surface area contributed by atoms with Gasteiger partial charge in [0.05, 0.1) is 25.8 Å². The van der Waals surface area contributed by atoms with E-state index < -0.39 is 0 Å². The summed E-state index contributed by atoms with van der Waals surface area (Å²) in [6.45, 7) is 4.09. The molecule has 0 radical (unpaired) electrons. The quantitative estimate of drug-likeness (QED) is 0.826. The third-order valence-electron chi connectivity index (χ3n) is 3.67. The lowest BCUT2D eigenvalue weighted by molar-refractivity contribution is 0.0940. The molecule has 0 aliphatic carbocycles. The van der Waals surface area contributed by atoms with E-state index in [2.05, 4.69) is 12.2 Å². The van der Waals surface area contributed by atoms with Gasteiger partial charge in [0.15, 0.2) is 11.5 Å². The summed E-state index contributed by atoms with van der Waals surface area (Å²) < 4.78 is 10.5. The van der Waals surface area contributed by atoms with Crippen LogP contribution in [0.5, 0.6) is 11.5 Å². The predicted octanol–water partition coefficient (Wildman–Crippen LogP) is 4.21. The van der Waals surface area contributed by atoms with Crippen molar-refractivity contribution in [1.82, 2.24) is 5.32 Å². The largest absolute Gasteiger partial charge is 0.493 e. The molecule has 1 atom stereocenters. The van der Waals surface area contributed by atoms with E-state index in [1.54, 1.807) is 25.6 Å². The van der Waals surface area contributed by atoms with E-state index in [1.165, 1.54) is 4.88 Å². The maximum atomic E-state index is 12.4. The van der Waals surface area contributed by atoms with E-state index >= 15 is 0 Å². The van der Waals surface area contributed by atoms with E-state index in [4.69, 9.17) is 9.47 Å². The number of rotatable bonds is 7. The number of thiophene rings is 1. The molecule has 1 N–H and O–H groups in total. The zero-order valence-electron chi connectivity index (χ0n) is 14.0. The SMILES string of the molecule is CCCc1cc(C(=O)NC(C)c2ccc(OC)c(OC)c2)cs1. The minimum absolute atomic E-state index is 0.0501. The Morgan fingerprint density at radius 2 is 1.96 bits per heavy atom. The number of amides is 1. The molecule has 0 aliphatic rings. The number of carbonyl (C=O) groups excluding carboxylic acids is 1. The van der Waals surface area contributed by atoms with Crippen LogP contribution in [-0.4, -0.2) is 20.1 Å². The average Bonchev–Trinajstić information content (AvgIpc) is 3.03. The van der Waals surface area contributed by atoms with E-state index in [0.29, 0.717) is 11.5 Å². The first-order chi connectivity index (χ1) is 11.1. The summed E-state index contributed by atoms with van der Waals surface area (Å²) in [5.41, 5.74) is 1.70. The first-order valence-electron chi connectivity index (χ1n) is 7.69. The minimum Gasteiger partial charge on any atom is -0.493 e. The third kappa shape index (κ3) is 4.26. The van der Waals surface area contributed by atoms with E-state index in [0.717, 1.165) is 24.0 Å². The number of hydrogen-bond donors (Lipinski definition) is 1. The molecule has 4 nitrogen and oxygen atoms in total. The molecule has 0 saturated carbocycles. The molecule has 1 aromatic carbocycles. The molecule has 124 valence electrons. The van der Waals surface area contributed by atoms with Crippen LogP contribution in [0.15, 0.2) is 29.6 Å². The van der Waals surface area contributed by atoms with Crippen LogP contribution in [0.4, 0.5) is 0 Å². The van der Waals surface area contributed by atoms with Gasteiger partial charge in [-0.1, -0.05) is 19.4 Å². The summed E-state index contributed by atoms with van der Waals surface area (Å²) in [7, 11) is 3.21. The first kappa shape index (κ1) is 17.3. The van der Waals surface area contributed by atoms with Gasteiger partial charge in [-0.05, 0) is 37.1 Å². The van der Waals surface area contributed by atoms with Crippen LogP contribution in [0.25, 0.3) is 0 Å². The van der Waals surface area contributed by atoms with Gasteiger partial charge in [0.2, 0.25) is 0 Å². The standard InChI is InChI=1S/C18H23NO3S/c1-5-6-15-9-14(11-23-15)18(20)19-12(2)13-7-8-16(21-3)17(10-13)22-4/h7-12H,5-6H2,1-4H3,(H,19,20). The van der Waals surface area contributed by atoms with Crippen LogP contribution >= 0.6 is 11.3 Å². The summed E-state index contributed by atoms with van der Waals surface area (Å²) >= 11 is 1.64. The monoisotopic (exact) mass is 333 g/mol. The molecule has 23 heavy (non-hydrogen) atoms. The summed E-state index contributed by atoms with van der Waals surface area (Å²) in [5.74, 6) is 1.29. The third-order valence-corrected chi connectivity index (χ3v) is 4.66. The molecule has 0 fully saturated rings. The molecule has 1 heterocycles. The van der Waals surface area contributed by atoms with Crippen LogP contribution in [0, 0.1) is 0 Å². The van der Waals surface area contributed by atoms with Crippen molar-refractivity contribution < 1.29 is 14.3 Å². The lowest BCUT2D eigenvalue weighted by Gasteiger charge is -2.16. The van der Waals surface area contributed by atoms with Crippen molar-refractivity contribution >= 4 is 17.2 Å². The lowest BCUT2D eigenvalue weighted by Crippen LogP contribution is -2.26. The van der Waals surface area contributed by atoms with Gasteiger partial charge < -0.3 is 14.8 Å². The number of hydrogen-bond acceptors (Lipinski definition) is 4. The average molecular weight is 333 g/mol. The molecule has 0 aliphatic heterocycles. The van der Waals surface area contributed by atoms with Crippen LogP contribution in [0.3, 0.4) is 0 Å². The Kier molecular flexibility index (Phi) is 6.04. The highest BCUT2D eigenvalue weighted by Gasteiger charge is 2.15. The van der Waals surface area contributed by atoms with Gasteiger partial charge in [-0.25, -0.2) is 0 Å². The summed E-state index contributed by atoms with van der Waals surface area (Å²) in [4.78, 5) is 13.6. The van der Waals surface area contributed by atoms with Crippen molar-refractivity contribution in [3.05, 3.63) is 45.6 Å². The highest BCUT2D eigenvalue weighted by molar-refractivity contribution is 7.10.